The van der Waals surface area contributed by atoms with Gasteiger partial charge in [0.25, 0.3) is 0 Å². The minimum atomic E-state index is -0.139. The number of rotatable bonds is 6. The molecule has 2 aromatic heterocycles. The molecular weight excluding hydrogens is 436 g/mol. The van der Waals surface area contributed by atoms with Crippen molar-refractivity contribution in [2.75, 3.05) is 37.6 Å². The van der Waals surface area contributed by atoms with Crippen molar-refractivity contribution in [3.63, 3.8) is 0 Å². The molecule has 3 rings (SSSR count). The van der Waals surface area contributed by atoms with E-state index in [9.17, 15) is 4.79 Å². The van der Waals surface area contributed by atoms with Crippen LogP contribution in [0.3, 0.4) is 0 Å². The minimum Gasteiger partial charge on any atom is -0.354 e. The quantitative estimate of drug-likeness (QED) is 0.564. The fourth-order valence-electron chi connectivity index (χ4n) is 4.15. The highest BCUT2D eigenvalue weighted by atomic mass is 16.1. The molecular formula is C28H46N6O. The lowest BCUT2D eigenvalue weighted by molar-refractivity contribution is 0.250. The largest absolute Gasteiger partial charge is 0.354 e. The zero-order valence-corrected chi connectivity index (χ0v) is 23.5. The van der Waals surface area contributed by atoms with Gasteiger partial charge in [0.1, 0.15) is 11.6 Å². The maximum atomic E-state index is 12.4. The Morgan fingerprint density at radius 1 is 0.743 bits per heavy atom. The van der Waals surface area contributed by atoms with Crippen LogP contribution in [-0.4, -0.2) is 57.1 Å². The van der Waals surface area contributed by atoms with Crippen molar-refractivity contribution in [1.29, 1.82) is 0 Å². The van der Waals surface area contributed by atoms with Gasteiger partial charge < -0.3 is 4.90 Å². The van der Waals surface area contributed by atoms with E-state index >= 15 is 0 Å². The van der Waals surface area contributed by atoms with Gasteiger partial charge in [-0.25, -0.2) is 14.8 Å². The first-order valence-electron chi connectivity index (χ1n) is 13.1. The highest BCUT2D eigenvalue weighted by Gasteiger charge is 2.26. The lowest BCUT2D eigenvalue weighted by Gasteiger charge is -2.36. The van der Waals surface area contributed by atoms with E-state index in [1.54, 1.807) is 4.57 Å². The Morgan fingerprint density at radius 3 is 1.89 bits per heavy atom. The molecule has 1 fully saturated rings. The Bertz CT molecular complexity index is 1010. The summed E-state index contributed by atoms with van der Waals surface area (Å²) in [6.07, 6.45) is 3.95. The Hall–Kier alpha value is -2.28. The number of unbranched alkanes of at least 4 members (excludes halogenated alkanes) is 1. The molecule has 0 amide bonds. The van der Waals surface area contributed by atoms with Crippen LogP contribution in [0.1, 0.15) is 92.4 Å². The van der Waals surface area contributed by atoms with Crippen molar-refractivity contribution in [3.8, 4) is 0 Å². The topological polar surface area (TPSA) is 67.2 Å². The van der Waals surface area contributed by atoms with E-state index in [2.05, 4.69) is 83.2 Å². The Morgan fingerprint density at radius 2 is 1.34 bits per heavy atom. The van der Waals surface area contributed by atoms with Crippen LogP contribution >= 0.6 is 0 Å². The molecule has 1 saturated heterocycles. The second kappa shape index (κ2) is 10.4. The highest BCUT2D eigenvalue weighted by Crippen LogP contribution is 2.28. The predicted octanol–water partition coefficient (Wildman–Crippen LogP) is 4.53. The van der Waals surface area contributed by atoms with Gasteiger partial charge in [0.2, 0.25) is 0 Å². The average Bonchev–Trinajstić information content (AvgIpc) is 2.76. The summed E-state index contributed by atoms with van der Waals surface area (Å²) in [6.45, 7) is 25.2. The molecule has 0 saturated carbocycles. The van der Waals surface area contributed by atoms with Gasteiger partial charge in [0.05, 0.1) is 11.4 Å². The Balaban J connectivity index is 1.52. The summed E-state index contributed by atoms with van der Waals surface area (Å²) in [5.41, 5.74) is 1.63. The van der Waals surface area contributed by atoms with Crippen LogP contribution in [0.15, 0.2) is 23.1 Å². The van der Waals surface area contributed by atoms with Gasteiger partial charge in [-0.2, -0.15) is 4.98 Å². The molecule has 1 aliphatic heterocycles. The molecule has 0 atom stereocenters. The third-order valence-corrected chi connectivity index (χ3v) is 6.61. The van der Waals surface area contributed by atoms with E-state index in [1.165, 1.54) is 0 Å². The lowest BCUT2D eigenvalue weighted by atomic mass is 9.90. The molecule has 0 unspecified atom stereocenters. The van der Waals surface area contributed by atoms with Crippen LogP contribution in [0, 0.1) is 0 Å². The SMILES string of the molecule is CC(C)(C)c1cc(N2CCN(CCCCn3ccc(C(C)(C)C)nc3=O)CC2)nc(C(C)(C)C)n1. The summed E-state index contributed by atoms with van der Waals surface area (Å²) >= 11 is 0. The maximum absolute atomic E-state index is 12.4. The summed E-state index contributed by atoms with van der Waals surface area (Å²) < 4.78 is 1.74. The second-order valence-corrected chi connectivity index (χ2v) is 13.0. The highest BCUT2D eigenvalue weighted by molar-refractivity contribution is 5.42. The van der Waals surface area contributed by atoms with Gasteiger partial charge in [-0.15, -0.1) is 0 Å². The molecule has 1 aliphatic rings. The Kier molecular flexibility index (Phi) is 8.09. The number of aryl methyl sites for hydroxylation is 1. The number of hydrogen-bond acceptors (Lipinski definition) is 6. The van der Waals surface area contributed by atoms with E-state index in [0.29, 0.717) is 0 Å². The first kappa shape index (κ1) is 27.3. The van der Waals surface area contributed by atoms with Crippen molar-refractivity contribution in [3.05, 3.63) is 46.0 Å². The van der Waals surface area contributed by atoms with Crippen LogP contribution in [0.5, 0.6) is 0 Å². The number of nitrogens with zero attached hydrogens (tertiary/aromatic N) is 6. The van der Waals surface area contributed by atoms with E-state index in [1.807, 2.05) is 12.3 Å². The molecule has 7 nitrogen and oxygen atoms in total. The van der Waals surface area contributed by atoms with Crippen LogP contribution in [-0.2, 0) is 22.8 Å². The zero-order chi connectivity index (χ0) is 26.0. The normalized spacial score (nSPS) is 16.1. The maximum Gasteiger partial charge on any atom is 0.347 e. The number of piperazine rings is 1. The summed E-state index contributed by atoms with van der Waals surface area (Å²) in [5.74, 6) is 1.97. The lowest BCUT2D eigenvalue weighted by Crippen LogP contribution is -2.47. The van der Waals surface area contributed by atoms with Crippen molar-refractivity contribution < 1.29 is 0 Å². The van der Waals surface area contributed by atoms with E-state index in [4.69, 9.17) is 9.97 Å². The van der Waals surface area contributed by atoms with Crippen molar-refractivity contribution in [2.24, 2.45) is 0 Å². The monoisotopic (exact) mass is 482 g/mol. The molecule has 0 N–H and O–H groups in total. The standard InChI is InChI=1S/C28H46N6O/c1-26(2,3)21-12-15-34(25(35)30-21)14-11-10-13-32-16-18-33(19-17-32)23-20-22(27(4,5)6)29-24(31-23)28(7,8)9/h12,15,20H,10-11,13-14,16-19H2,1-9H3. The van der Waals surface area contributed by atoms with E-state index < -0.39 is 0 Å². The van der Waals surface area contributed by atoms with Gasteiger partial charge in [-0.05, 0) is 25.5 Å². The number of hydrogen-bond donors (Lipinski definition) is 0. The number of anilines is 1. The van der Waals surface area contributed by atoms with Crippen LogP contribution in [0.2, 0.25) is 0 Å². The summed E-state index contributed by atoms with van der Waals surface area (Å²) in [7, 11) is 0. The molecule has 0 bridgehead atoms. The summed E-state index contributed by atoms with van der Waals surface area (Å²) in [4.78, 5) is 31.4. The van der Waals surface area contributed by atoms with E-state index in [-0.39, 0.29) is 21.9 Å². The zero-order valence-electron chi connectivity index (χ0n) is 23.5. The van der Waals surface area contributed by atoms with Crippen molar-refractivity contribution >= 4 is 5.82 Å². The Labute approximate surface area is 212 Å². The average molecular weight is 483 g/mol. The van der Waals surface area contributed by atoms with Crippen LogP contribution < -0.4 is 10.6 Å². The first-order chi connectivity index (χ1) is 16.1. The molecule has 3 heterocycles. The number of aromatic nitrogens is 4. The van der Waals surface area contributed by atoms with Crippen LogP contribution in [0.25, 0.3) is 0 Å². The van der Waals surface area contributed by atoms with Gasteiger partial charge in [-0.3, -0.25) is 9.47 Å². The first-order valence-corrected chi connectivity index (χ1v) is 13.1. The molecule has 0 radical (unpaired) electrons. The molecule has 2 aromatic rings. The van der Waals surface area contributed by atoms with Crippen molar-refractivity contribution in [1.82, 2.24) is 24.4 Å². The molecule has 0 aliphatic carbocycles. The van der Waals surface area contributed by atoms with E-state index in [0.717, 1.165) is 75.1 Å². The molecule has 35 heavy (non-hydrogen) atoms. The molecule has 7 heteroatoms. The smallest absolute Gasteiger partial charge is 0.347 e. The second-order valence-electron chi connectivity index (χ2n) is 13.0. The van der Waals surface area contributed by atoms with Gasteiger partial charge >= 0.3 is 5.69 Å². The fraction of sp³-hybridized carbons (Fsp3) is 0.714. The van der Waals surface area contributed by atoms with Gasteiger partial charge in [0.15, 0.2) is 0 Å². The third kappa shape index (κ3) is 7.35. The molecule has 194 valence electrons. The minimum absolute atomic E-state index is 0.00986. The summed E-state index contributed by atoms with van der Waals surface area (Å²) in [5, 5.41) is 0. The third-order valence-electron chi connectivity index (χ3n) is 6.61. The fourth-order valence-corrected chi connectivity index (χ4v) is 4.15. The summed E-state index contributed by atoms with van der Waals surface area (Å²) in [6, 6.07) is 4.16. The molecule has 0 aromatic carbocycles. The van der Waals surface area contributed by atoms with Gasteiger partial charge in [-0.1, -0.05) is 62.3 Å². The van der Waals surface area contributed by atoms with Crippen LogP contribution in [0.4, 0.5) is 5.82 Å². The van der Waals surface area contributed by atoms with Gasteiger partial charge in [0, 0.05) is 61.2 Å². The van der Waals surface area contributed by atoms with Crippen molar-refractivity contribution in [2.45, 2.75) is 97.9 Å². The molecule has 0 spiro atoms. The predicted molar refractivity (Wildman–Crippen MR) is 145 cm³/mol.